The summed E-state index contributed by atoms with van der Waals surface area (Å²) in [5.41, 5.74) is 1.65. The molecule has 2 aromatic rings. The lowest BCUT2D eigenvalue weighted by Gasteiger charge is -2.47. The Morgan fingerprint density at radius 1 is 1.00 bits per heavy atom. The number of hydrogen-bond donors (Lipinski definition) is 0. The third kappa shape index (κ3) is 4.00. The van der Waals surface area contributed by atoms with E-state index in [1.165, 1.54) is 5.56 Å². The van der Waals surface area contributed by atoms with Gasteiger partial charge in [-0.1, -0.05) is 23.7 Å². The van der Waals surface area contributed by atoms with Crippen LogP contribution in [-0.4, -0.2) is 60.9 Å². The van der Waals surface area contributed by atoms with Crippen molar-refractivity contribution < 1.29 is 19.0 Å². The van der Waals surface area contributed by atoms with Crippen LogP contribution in [0.3, 0.4) is 0 Å². The van der Waals surface area contributed by atoms with Crippen molar-refractivity contribution in [2.45, 2.75) is 25.0 Å². The first-order valence-corrected chi connectivity index (χ1v) is 10.8. The number of fused-ring (bicyclic) bond motifs is 1. The SMILES string of the molecule is O=C(c1ccc2c(c1)OCO2)N1CCOC2(CCN(Cc3ccc(Cl)cc3)CC2)C1. The van der Waals surface area contributed by atoms with Crippen molar-refractivity contribution in [3.63, 3.8) is 0 Å². The molecule has 2 fully saturated rings. The van der Waals surface area contributed by atoms with E-state index in [0.717, 1.165) is 37.5 Å². The molecule has 3 aliphatic rings. The number of benzene rings is 2. The second-order valence-electron chi connectivity index (χ2n) is 8.23. The molecule has 0 N–H and O–H groups in total. The fourth-order valence-electron chi connectivity index (χ4n) is 4.50. The normalized spacial score (nSPS) is 20.5. The van der Waals surface area contributed by atoms with E-state index in [-0.39, 0.29) is 18.3 Å². The molecular formula is C23H25ClN2O4. The van der Waals surface area contributed by atoms with Crippen LogP contribution in [0.15, 0.2) is 42.5 Å². The summed E-state index contributed by atoms with van der Waals surface area (Å²) in [5, 5.41) is 0.763. The molecule has 0 bridgehead atoms. The molecule has 1 amide bonds. The Morgan fingerprint density at radius 3 is 2.57 bits per heavy atom. The van der Waals surface area contributed by atoms with E-state index in [4.69, 9.17) is 25.8 Å². The van der Waals surface area contributed by atoms with Crippen LogP contribution in [0.2, 0.25) is 5.02 Å². The Balaban J connectivity index is 1.21. The number of carbonyl (C=O) groups excluding carboxylic acids is 1. The molecule has 0 atom stereocenters. The van der Waals surface area contributed by atoms with Gasteiger partial charge in [0.25, 0.3) is 5.91 Å². The zero-order valence-corrected chi connectivity index (χ0v) is 17.6. The van der Waals surface area contributed by atoms with Gasteiger partial charge in [0, 0.05) is 36.8 Å². The molecule has 0 aromatic heterocycles. The summed E-state index contributed by atoms with van der Waals surface area (Å²) in [6, 6.07) is 13.4. The summed E-state index contributed by atoms with van der Waals surface area (Å²) >= 11 is 5.99. The lowest BCUT2D eigenvalue weighted by molar-refractivity contribution is -0.127. The molecular weight excluding hydrogens is 404 g/mol. The minimum absolute atomic E-state index is 0.0274. The molecule has 5 rings (SSSR count). The highest BCUT2D eigenvalue weighted by atomic mass is 35.5. The Morgan fingerprint density at radius 2 is 1.77 bits per heavy atom. The zero-order chi connectivity index (χ0) is 20.6. The number of piperidine rings is 1. The number of nitrogens with zero attached hydrogens (tertiary/aromatic N) is 2. The molecule has 0 radical (unpaired) electrons. The highest BCUT2D eigenvalue weighted by Gasteiger charge is 2.41. The first-order chi connectivity index (χ1) is 14.6. The third-order valence-corrected chi connectivity index (χ3v) is 6.49. The van der Waals surface area contributed by atoms with Crippen molar-refractivity contribution in [1.82, 2.24) is 9.80 Å². The Hall–Kier alpha value is -2.28. The summed E-state index contributed by atoms with van der Waals surface area (Å²) in [6.07, 6.45) is 1.84. The maximum Gasteiger partial charge on any atom is 0.254 e. The average molecular weight is 429 g/mol. The Bertz CT molecular complexity index is 925. The molecule has 0 aliphatic carbocycles. The standard InChI is InChI=1S/C23H25ClN2O4/c24-19-4-1-17(2-5-19)14-25-9-7-23(8-10-25)15-26(11-12-30-23)22(27)18-3-6-20-21(13-18)29-16-28-20/h1-6,13H,7-12,14-16H2. The molecule has 0 unspecified atom stereocenters. The zero-order valence-electron chi connectivity index (χ0n) is 16.8. The second-order valence-corrected chi connectivity index (χ2v) is 8.67. The highest BCUT2D eigenvalue weighted by molar-refractivity contribution is 6.30. The van der Waals surface area contributed by atoms with Crippen LogP contribution < -0.4 is 9.47 Å². The van der Waals surface area contributed by atoms with Crippen molar-refractivity contribution in [1.29, 1.82) is 0 Å². The molecule has 0 saturated carbocycles. The van der Waals surface area contributed by atoms with Crippen molar-refractivity contribution in [2.75, 3.05) is 39.6 Å². The van der Waals surface area contributed by atoms with Crippen molar-refractivity contribution >= 4 is 17.5 Å². The fourth-order valence-corrected chi connectivity index (χ4v) is 4.63. The van der Waals surface area contributed by atoms with Crippen molar-refractivity contribution in [3.8, 4) is 11.5 Å². The van der Waals surface area contributed by atoms with E-state index < -0.39 is 0 Å². The molecule has 158 valence electrons. The van der Waals surface area contributed by atoms with Gasteiger partial charge in [0.05, 0.1) is 18.8 Å². The van der Waals surface area contributed by atoms with E-state index in [1.54, 1.807) is 12.1 Å². The summed E-state index contributed by atoms with van der Waals surface area (Å²) in [4.78, 5) is 17.5. The minimum atomic E-state index is -0.249. The number of amides is 1. The van der Waals surface area contributed by atoms with Gasteiger partial charge in [0.2, 0.25) is 6.79 Å². The summed E-state index contributed by atoms with van der Waals surface area (Å²) in [5.74, 6) is 1.36. The van der Waals surface area contributed by atoms with Gasteiger partial charge in [-0.05, 0) is 48.7 Å². The van der Waals surface area contributed by atoms with Crippen LogP contribution in [0, 0.1) is 0 Å². The van der Waals surface area contributed by atoms with Crippen molar-refractivity contribution in [3.05, 3.63) is 58.6 Å². The number of likely N-dealkylation sites (tertiary alicyclic amines) is 1. The quantitative estimate of drug-likeness (QED) is 0.748. The van der Waals surface area contributed by atoms with Crippen molar-refractivity contribution in [2.24, 2.45) is 0 Å². The Kier molecular flexibility index (Phi) is 5.31. The van der Waals surface area contributed by atoms with Gasteiger partial charge in [-0.2, -0.15) is 0 Å². The monoisotopic (exact) mass is 428 g/mol. The van der Waals surface area contributed by atoms with Gasteiger partial charge in [-0.15, -0.1) is 0 Å². The number of morpholine rings is 1. The van der Waals surface area contributed by atoms with E-state index in [2.05, 4.69) is 17.0 Å². The summed E-state index contributed by atoms with van der Waals surface area (Å²) in [7, 11) is 0. The van der Waals surface area contributed by atoms with Crippen LogP contribution in [0.1, 0.15) is 28.8 Å². The number of carbonyl (C=O) groups is 1. The van der Waals surface area contributed by atoms with E-state index in [1.807, 2.05) is 23.1 Å². The molecule has 2 saturated heterocycles. The molecule has 1 spiro atoms. The topological polar surface area (TPSA) is 51.2 Å². The largest absolute Gasteiger partial charge is 0.454 e. The highest BCUT2D eigenvalue weighted by Crippen LogP contribution is 2.34. The third-order valence-electron chi connectivity index (χ3n) is 6.24. The molecule has 30 heavy (non-hydrogen) atoms. The number of ether oxygens (including phenoxy) is 3. The van der Waals surface area contributed by atoms with Crippen LogP contribution >= 0.6 is 11.6 Å². The average Bonchev–Trinajstić information content (AvgIpc) is 3.25. The van der Waals surface area contributed by atoms with Crippen LogP contribution in [0.25, 0.3) is 0 Å². The van der Waals surface area contributed by atoms with Gasteiger partial charge < -0.3 is 19.1 Å². The summed E-state index contributed by atoms with van der Waals surface area (Å²) < 4.78 is 17.0. The van der Waals surface area contributed by atoms with Gasteiger partial charge in [-0.3, -0.25) is 9.69 Å². The number of hydrogen-bond acceptors (Lipinski definition) is 5. The van der Waals surface area contributed by atoms with Gasteiger partial charge in [0.1, 0.15) is 0 Å². The minimum Gasteiger partial charge on any atom is -0.454 e. The van der Waals surface area contributed by atoms with Crippen LogP contribution in [0.4, 0.5) is 0 Å². The van der Waals surface area contributed by atoms with E-state index >= 15 is 0 Å². The summed E-state index contributed by atoms with van der Waals surface area (Å²) in [6.45, 7) is 4.85. The van der Waals surface area contributed by atoms with Gasteiger partial charge in [-0.25, -0.2) is 0 Å². The predicted octanol–water partition coefficient (Wildman–Crippen LogP) is 3.58. The second kappa shape index (κ2) is 8.10. The fraction of sp³-hybridized carbons (Fsp3) is 0.435. The molecule has 7 heteroatoms. The molecule has 3 heterocycles. The smallest absolute Gasteiger partial charge is 0.254 e. The Labute approximate surface area is 181 Å². The number of rotatable bonds is 3. The lowest BCUT2D eigenvalue weighted by atomic mass is 9.89. The van der Waals surface area contributed by atoms with E-state index in [0.29, 0.717) is 36.8 Å². The molecule has 2 aromatic carbocycles. The van der Waals surface area contributed by atoms with Gasteiger partial charge >= 0.3 is 0 Å². The predicted molar refractivity (Wildman–Crippen MR) is 113 cm³/mol. The number of halogens is 1. The van der Waals surface area contributed by atoms with Crippen LogP contribution in [0.5, 0.6) is 11.5 Å². The lowest BCUT2D eigenvalue weighted by Crippen LogP contribution is -2.57. The van der Waals surface area contributed by atoms with Crippen LogP contribution in [-0.2, 0) is 11.3 Å². The molecule has 6 nitrogen and oxygen atoms in total. The molecule has 3 aliphatic heterocycles. The first kappa shape index (κ1) is 19.7. The van der Waals surface area contributed by atoms with Gasteiger partial charge in [0.15, 0.2) is 11.5 Å². The van der Waals surface area contributed by atoms with E-state index in [9.17, 15) is 4.79 Å². The maximum absolute atomic E-state index is 13.1. The first-order valence-electron chi connectivity index (χ1n) is 10.4. The maximum atomic E-state index is 13.1.